The average molecular weight is 641 g/mol. The zero-order chi connectivity index (χ0) is 32.6. The molecule has 0 aromatic carbocycles. The molecule has 7 nitrogen and oxygen atoms in total. The van der Waals surface area contributed by atoms with Crippen molar-refractivity contribution in [2.24, 2.45) is 0 Å². The third kappa shape index (κ3) is 34.6. The highest BCUT2D eigenvalue weighted by molar-refractivity contribution is 7.85. The van der Waals surface area contributed by atoms with Crippen LogP contribution in [0, 0.1) is 0 Å². The summed E-state index contributed by atoms with van der Waals surface area (Å²) in [5.41, 5.74) is 0. The number of carbonyl (C=O) groups is 2. The topological polar surface area (TPSA) is 107 Å². The van der Waals surface area contributed by atoms with Crippen LogP contribution in [-0.2, 0) is 29.2 Å². The van der Waals surface area contributed by atoms with E-state index in [2.05, 4.69) is 36.0 Å². The Morgan fingerprint density at radius 2 is 1.14 bits per heavy atom. The number of esters is 2. The molecule has 44 heavy (non-hydrogen) atoms. The summed E-state index contributed by atoms with van der Waals surface area (Å²) in [5.74, 6) is -1.37. The normalized spacial score (nSPS) is 12.9. The van der Waals surface area contributed by atoms with Gasteiger partial charge in [-0.3, -0.25) is 9.35 Å². The lowest BCUT2D eigenvalue weighted by Gasteiger charge is -2.12. The van der Waals surface area contributed by atoms with E-state index in [1.165, 1.54) is 89.5 Å². The molecule has 1 atom stereocenters. The smallest absolute Gasteiger partial charge is 0.330 e. The van der Waals surface area contributed by atoms with E-state index in [-0.39, 0.29) is 18.7 Å². The monoisotopic (exact) mass is 640 g/mol. The molecule has 1 N–H and O–H groups in total. The summed E-state index contributed by atoms with van der Waals surface area (Å²) in [6.07, 6.45) is 38.3. The second-order valence-electron chi connectivity index (χ2n) is 11.9. The Balaban J connectivity index is 3.52. The van der Waals surface area contributed by atoms with Gasteiger partial charge in [0.05, 0.1) is 6.10 Å². The zero-order valence-corrected chi connectivity index (χ0v) is 28.8. The molecule has 8 heteroatoms. The van der Waals surface area contributed by atoms with Crippen LogP contribution in [0.1, 0.15) is 162 Å². The second-order valence-corrected chi connectivity index (χ2v) is 13.5. The SMILES string of the molecule is CCCCCCCCCCCCCC/C=C\CC/C=C\CCCC(=O)OC(C)CCCCC/C=C\C(=O)OCCS(=O)(=O)O. The van der Waals surface area contributed by atoms with Crippen LogP contribution >= 0.6 is 0 Å². The fraction of sp³-hybridized carbons (Fsp3) is 0.778. The quantitative estimate of drug-likeness (QED) is 0.0264. The number of unbranched alkanes of at least 4 members (excludes halogenated alkanes) is 17. The molecular weight excluding hydrogens is 576 g/mol. The van der Waals surface area contributed by atoms with Gasteiger partial charge in [-0.05, 0) is 71.1 Å². The molecule has 0 aromatic heterocycles. The molecule has 256 valence electrons. The Morgan fingerprint density at radius 1 is 0.659 bits per heavy atom. The Kier molecular flexibility index (Phi) is 29.7. The summed E-state index contributed by atoms with van der Waals surface area (Å²) in [4.78, 5) is 23.5. The van der Waals surface area contributed by atoms with Crippen LogP contribution in [0.15, 0.2) is 36.5 Å². The first-order chi connectivity index (χ1) is 21.2. The van der Waals surface area contributed by atoms with Crippen molar-refractivity contribution in [2.45, 2.75) is 168 Å². The van der Waals surface area contributed by atoms with Gasteiger partial charge in [-0.25, -0.2) is 4.79 Å². The van der Waals surface area contributed by atoms with Crippen molar-refractivity contribution >= 4 is 22.1 Å². The van der Waals surface area contributed by atoms with Gasteiger partial charge in [-0.2, -0.15) is 8.42 Å². The van der Waals surface area contributed by atoms with Gasteiger partial charge < -0.3 is 9.47 Å². The van der Waals surface area contributed by atoms with Gasteiger partial charge in [-0.15, -0.1) is 0 Å². The second kappa shape index (κ2) is 31.1. The van der Waals surface area contributed by atoms with E-state index in [9.17, 15) is 18.0 Å². The first-order valence-corrected chi connectivity index (χ1v) is 19.1. The van der Waals surface area contributed by atoms with Crippen molar-refractivity contribution in [3.63, 3.8) is 0 Å². The molecule has 0 saturated carbocycles. The van der Waals surface area contributed by atoms with Gasteiger partial charge >= 0.3 is 11.9 Å². The molecule has 0 rings (SSSR count). The number of allylic oxidation sites excluding steroid dienone is 5. The summed E-state index contributed by atoms with van der Waals surface area (Å²) >= 11 is 0. The lowest BCUT2D eigenvalue weighted by atomic mass is 10.0. The highest BCUT2D eigenvalue weighted by atomic mass is 32.2. The number of carbonyl (C=O) groups excluding carboxylic acids is 2. The predicted molar refractivity (Wildman–Crippen MR) is 182 cm³/mol. The number of ether oxygens (including phenoxy) is 2. The van der Waals surface area contributed by atoms with Gasteiger partial charge in [0, 0.05) is 12.5 Å². The molecule has 0 spiro atoms. The predicted octanol–water partition coefficient (Wildman–Crippen LogP) is 10.0. The number of rotatable bonds is 31. The number of hydrogen-bond donors (Lipinski definition) is 1. The van der Waals surface area contributed by atoms with Crippen LogP contribution in [0.25, 0.3) is 0 Å². The van der Waals surface area contributed by atoms with Gasteiger partial charge in [0.15, 0.2) is 0 Å². The Labute approximate surface area is 270 Å². The molecule has 0 radical (unpaired) electrons. The molecule has 1 unspecified atom stereocenters. The van der Waals surface area contributed by atoms with Crippen molar-refractivity contribution in [1.82, 2.24) is 0 Å². The Hall–Kier alpha value is -1.93. The largest absolute Gasteiger partial charge is 0.463 e. The van der Waals surface area contributed by atoms with Gasteiger partial charge in [0.2, 0.25) is 0 Å². The van der Waals surface area contributed by atoms with E-state index in [1.807, 2.05) is 6.92 Å². The van der Waals surface area contributed by atoms with Crippen LogP contribution in [-0.4, -0.2) is 43.4 Å². The van der Waals surface area contributed by atoms with Crippen molar-refractivity contribution < 1.29 is 32.0 Å². The van der Waals surface area contributed by atoms with Crippen LogP contribution in [0.5, 0.6) is 0 Å². The molecule has 0 bridgehead atoms. The molecule has 0 fully saturated rings. The van der Waals surface area contributed by atoms with Crippen LogP contribution in [0.4, 0.5) is 0 Å². The molecule has 0 saturated heterocycles. The number of hydrogen-bond acceptors (Lipinski definition) is 6. The zero-order valence-electron chi connectivity index (χ0n) is 28.0. The van der Waals surface area contributed by atoms with E-state index >= 15 is 0 Å². The first kappa shape index (κ1) is 42.1. The van der Waals surface area contributed by atoms with E-state index in [4.69, 9.17) is 9.29 Å². The van der Waals surface area contributed by atoms with E-state index in [0.717, 1.165) is 51.4 Å². The summed E-state index contributed by atoms with van der Waals surface area (Å²) in [7, 11) is -4.13. The lowest BCUT2D eigenvalue weighted by molar-refractivity contribution is -0.148. The minimum Gasteiger partial charge on any atom is -0.463 e. The minimum absolute atomic E-state index is 0.104. The molecule has 0 heterocycles. The maximum atomic E-state index is 12.1. The maximum Gasteiger partial charge on any atom is 0.330 e. The van der Waals surface area contributed by atoms with Crippen LogP contribution < -0.4 is 0 Å². The fourth-order valence-electron chi connectivity index (χ4n) is 4.82. The molecule has 0 aliphatic heterocycles. The molecular formula is C36H64O7S. The maximum absolute atomic E-state index is 12.1. The van der Waals surface area contributed by atoms with Crippen molar-refractivity contribution in [3.8, 4) is 0 Å². The summed E-state index contributed by atoms with van der Waals surface area (Å²) in [5, 5.41) is 0. The van der Waals surface area contributed by atoms with E-state index < -0.39 is 21.8 Å². The lowest BCUT2D eigenvalue weighted by Crippen LogP contribution is -2.14. The summed E-state index contributed by atoms with van der Waals surface area (Å²) < 4.78 is 39.9. The fourth-order valence-corrected chi connectivity index (χ4v) is 5.11. The van der Waals surface area contributed by atoms with Crippen LogP contribution in [0.2, 0.25) is 0 Å². The highest BCUT2D eigenvalue weighted by Gasteiger charge is 2.09. The van der Waals surface area contributed by atoms with Crippen molar-refractivity contribution in [1.29, 1.82) is 0 Å². The third-order valence-corrected chi connectivity index (χ3v) is 8.15. The van der Waals surface area contributed by atoms with Gasteiger partial charge in [0.25, 0.3) is 10.1 Å². The van der Waals surface area contributed by atoms with Gasteiger partial charge in [-0.1, -0.05) is 114 Å². The summed E-state index contributed by atoms with van der Waals surface area (Å²) in [6.45, 7) is 3.83. The van der Waals surface area contributed by atoms with Crippen molar-refractivity contribution in [2.75, 3.05) is 12.4 Å². The van der Waals surface area contributed by atoms with Crippen molar-refractivity contribution in [3.05, 3.63) is 36.5 Å². The van der Waals surface area contributed by atoms with Crippen LogP contribution in [0.3, 0.4) is 0 Å². The van der Waals surface area contributed by atoms with Gasteiger partial charge in [0.1, 0.15) is 12.4 Å². The molecule has 0 aliphatic rings. The highest BCUT2D eigenvalue weighted by Crippen LogP contribution is 2.13. The molecule has 0 amide bonds. The Bertz CT molecular complexity index is 877. The first-order valence-electron chi connectivity index (χ1n) is 17.5. The minimum atomic E-state index is -4.13. The van der Waals surface area contributed by atoms with E-state index in [1.54, 1.807) is 6.08 Å². The summed E-state index contributed by atoms with van der Waals surface area (Å²) in [6, 6.07) is 0. The standard InChI is InChI=1S/C36H64O7S/c1-3-4-5-6-7-8-9-10-11-12-13-14-15-16-17-18-19-20-21-24-28-31-36(38)43-34(2)29-26-23-22-25-27-30-35(37)42-32-33-44(39,40)41/h16-17,20-21,27,30,34H,3-15,18-19,22-26,28-29,31-33H2,1-2H3,(H,39,40,41)/b17-16-,21-20-,30-27-. The Morgan fingerprint density at radius 3 is 1.70 bits per heavy atom. The molecule has 0 aliphatic carbocycles. The molecule has 0 aromatic rings. The average Bonchev–Trinajstić information content (AvgIpc) is 2.96. The van der Waals surface area contributed by atoms with E-state index in [0.29, 0.717) is 12.8 Å². The third-order valence-electron chi connectivity index (χ3n) is 7.46.